The molecule has 0 radical (unpaired) electrons. The third-order valence-corrected chi connectivity index (χ3v) is 7.23. The SMILES string of the molecule is [O-]c1ccccc1-c1nc2ccccc2o1.[O-]c1ccccc1-c1nc2ccccc2o1.[O-]c1ccccc1-c1nc2ccccc2o1.[Pr+3]. The van der Waals surface area contributed by atoms with Gasteiger partial charge in [-0.05, 0) is 36.4 Å². The number of benzene rings is 6. The van der Waals surface area contributed by atoms with Crippen LogP contribution in [0.4, 0.5) is 0 Å². The Balaban J connectivity index is 0.000000126. The van der Waals surface area contributed by atoms with E-state index in [1.807, 2.05) is 72.8 Å². The zero-order chi connectivity index (χ0) is 32.9. The number of aromatic nitrogens is 3. The van der Waals surface area contributed by atoms with Crippen LogP contribution in [0.5, 0.6) is 17.2 Å². The van der Waals surface area contributed by atoms with Gasteiger partial charge >= 0.3 is 41.3 Å². The molecule has 0 aliphatic heterocycles. The molecule has 49 heavy (non-hydrogen) atoms. The molecule has 9 aromatic rings. The standard InChI is InChI=1S/3C13H9NO2.Pr/c3*15-11-7-3-1-5-9(11)13-14-10-6-2-4-8-12(10)16-13;/h3*1-8,15H;/q;;;+3/p-3. The molecule has 9 rings (SSSR count). The minimum atomic E-state index is -0.0749. The van der Waals surface area contributed by atoms with E-state index in [1.165, 1.54) is 18.2 Å². The van der Waals surface area contributed by atoms with Gasteiger partial charge in [-0.15, -0.1) is 0 Å². The predicted octanol–water partition coefficient (Wildman–Crippen LogP) is 7.71. The fourth-order valence-corrected chi connectivity index (χ4v) is 4.89. The molecule has 10 heteroatoms. The summed E-state index contributed by atoms with van der Waals surface area (Å²) in [6.07, 6.45) is 0. The van der Waals surface area contributed by atoms with Crippen LogP contribution < -0.4 is 15.3 Å². The Morgan fingerprint density at radius 3 is 0.837 bits per heavy atom. The molecular weight excluding hydrogens is 747 g/mol. The summed E-state index contributed by atoms with van der Waals surface area (Å²) in [6, 6.07) is 42.5. The van der Waals surface area contributed by atoms with Gasteiger partial charge in [0.1, 0.15) is 16.6 Å². The van der Waals surface area contributed by atoms with Gasteiger partial charge in [0.05, 0.1) is 0 Å². The van der Waals surface area contributed by atoms with Crippen molar-refractivity contribution in [3.63, 3.8) is 0 Å². The van der Waals surface area contributed by atoms with Crippen LogP contribution in [-0.2, 0) is 0 Å². The van der Waals surface area contributed by atoms with Gasteiger partial charge in [-0.1, -0.05) is 126 Å². The Morgan fingerprint density at radius 1 is 0.327 bits per heavy atom. The number of para-hydroxylation sites is 9. The van der Waals surface area contributed by atoms with E-state index in [-0.39, 0.29) is 58.5 Å². The zero-order valence-corrected chi connectivity index (χ0v) is 29.4. The Bertz CT molecular complexity index is 2110. The van der Waals surface area contributed by atoms with Crippen molar-refractivity contribution in [2.75, 3.05) is 0 Å². The third kappa shape index (κ3) is 7.48. The van der Waals surface area contributed by atoms with Crippen LogP contribution in [0, 0.1) is 41.3 Å². The van der Waals surface area contributed by atoms with E-state index in [0.29, 0.717) is 51.1 Å². The molecule has 0 N–H and O–H groups in total. The molecule has 0 unspecified atom stereocenters. The molecule has 0 aliphatic rings. The molecule has 3 aromatic heterocycles. The Hall–Kier alpha value is -5.51. The van der Waals surface area contributed by atoms with Gasteiger partial charge in [0.15, 0.2) is 16.7 Å². The number of hydrogen-bond donors (Lipinski definition) is 0. The summed E-state index contributed by atoms with van der Waals surface area (Å²) in [5, 5.41) is 34.8. The van der Waals surface area contributed by atoms with Crippen LogP contribution >= 0.6 is 0 Å². The van der Waals surface area contributed by atoms with Gasteiger partial charge < -0.3 is 28.6 Å². The van der Waals surface area contributed by atoms with E-state index >= 15 is 0 Å². The number of nitrogens with zero attached hydrogens (tertiary/aromatic N) is 3. The fraction of sp³-hybridized carbons (Fsp3) is 0. The summed E-state index contributed by atoms with van der Waals surface area (Å²) >= 11 is 0. The summed E-state index contributed by atoms with van der Waals surface area (Å²) in [5.74, 6) is 0.919. The molecule has 0 fully saturated rings. The third-order valence-electron chi connectivity index (χ3n) is 7.23. The van der Waals surface area contributed by atoms with Crippen molar-refractivity contribution < 1.29 is 69.9 Å². The van der Waals surface area contributed by atoms with Gasteiger partial charge in [0.2, 0.25) is 17.7 Å². The molecule has 0 aliphatic carbocycles. The van der Waals surface area contributed by atoms with E-state index in [1.54, 1.807) is 54.6 Å². The van der Waals surface area contributed by atoms with Crippen molar-refractivity contribution in [2.24, 2.45) is 0 Å². The van der Waals surface area contributed by atoms with E-state index < -0.39 is 0 Å². The summed E-state index contributed by atoms with van der Waals surface area (Å²) < 4.78 is 16.6. The van der Waals surface area contributed by atoms with Gasteiger partial charge in [0, 0.05) is 16.7 Å². The average Bonchev–Trinajstić information content (AvgIpc) is 3.86. The summed E-state index contributed by atoms with van der Waals surface area (Å²) in [5.41, 5.74) is 5.88. The van der Waals surface area contributed by atoms with Crippen LogP contribution in [-0.4, -0.2) is 15.0 Å². The van der Waals surface area contributed by atoms with Crippen LogP contribution in [0.2, 0.25) is 0 Å². The molecule has 0 bridgehead atoms. The molecule has 0 amide bonds. The smallest absolute Gasteiger partial charge is 0.872 e. The number of fused-ring (bicyclic) bond motifs is 3. The second-order valence-electron chi connectivity index (χ2n) is 10.4. The maximum atomic E-state index is 11.6. The molecule has 234 valence electrons. The molecule has 6 aromatic carbocycles. The van der Waals surface area contributed by atoms with Gasteiger partial charge in [-0.2, -0.15) is 0 Å². The maximum Gasteiger partial charge on any atom is 3.00 e. The summed E-state index contributed by atoms with van der Waals surface area (Å²) in [4.78, 5) is 12.8. The van der Waals surface area contributed by atoms with E-state index in [2.05, 4.69) is 15.0 Å². The first-order valence-electron chi connectivity index (χ1n) is 14.9. The summed E-state index contributed by atoms with van der Waals surface area (Å²) in [7, 11) is 0. The molecular formula is C39H24N3O6Pr. The minimum absolute atomic E-state index is 0. The van der Waals surface area contributed by atoms with Crippen LogP contribution in [0.15, 0.2) is 159 Å². The van der Waals surface area contributed by atoms with Crippen molar-refractivity contribution in [3.8, 4) is 51.6 Å². The largest absolute Gasteiger partial charge is 3.00 e. The molecule has 0 spiro atoms. The second kappa shape index (κ2) is 15.1. The molecule has 0 atom stereocenters. The number of rotatable bonds is 3. The Kier molecular flexibility index (Phi) is 10.3. The first-order chi connectivity index (χ1) is 23.5. The average molecular weight is 772 g/mol. The number of oxazole rings is 3. The predicted molar refractivity (Wildman–Crippen MR) is 177 cm³/mol. The van der Waals surface area contributed by atoms with E-state index in [9.17, 15) is 15.3 Å². The Morgan fingerprint density at radius 2 is 0.571 bits per heavy atom. The molecule has 9 nitrogen and oxygen atoms in total. The second-order valence-corrected chi connectivity index (χ2v) is 10.4. The Labute approximate surface area is 313 Å². The quantitative estimate of drug-likeness (QED) is 0.176. The van der Waals surface area contributed by atoms with Gasteiger partial charge in [-0.3, -0.25) is 0 Å². The van der Waals surface area contributed by atoms with Crippen molar-refractivity contribution in [3.05, 3.63) is 146 Å². The van der Waals surface area contributed by atoms with Crippen LogP contribution in [0.3, 0.4) is 0 Å². The van der Waals surface area contributed by atoms with Gasteiger partial charge in [-0.25, -0.2) is 15.0 Å². The topological polar surface area (TPSA) is 147 Å². The maximum absolute atomic E-state index is 11.6. The van der Waals surface area contributed by atoms with Crippen LogP contribution in [0.1, 0.15) is 0 Å². The first kappa shape index (κ1) is 33.4. The molecule has 0 saturated heterocycles. The van der Waals surface area contributed by atoms with Crippen molar-refractivity contribution in [1.82, 2.24) is 15.0 Å². The summed E-state index contributed by atoms with van der Waals surface area (Å²) in [6.45, 7) is 0. The van der Waals surface area contributed by atoms with Crippen molar-refractivity contribution in [2.45, 2.75) is 0 Å². The zero-order valence-electron chi connectivity index (χ0n) is 25.7. The van der Waals surface area contributed by atoms with E-state index in [0.717, 1.165) is 16.6 Å². The monoisotopic (exact) mass is 771 g/mol. The van der Waals surface area contributed by atoms with E-state index in [4.69, 9.17) is 13.3 Å². The number of hydrogen-bond acceptors (Lipinski definition) is 9. The first-order valence-corrected chi connectivity index (χ1v) is 14.9. The van der Waals surface area contributed by atoms with Crippen LogP contribution in [0.25, 0.3) is 67.7 Å². The van der Waals surface area contributed by atoms with Gasteiger partial charge in [0.25, 0.3) is 0 Å². The molecule has 3 heterocycles. The van der Waals surface area contributed by atoms with Crippen molar-refractivity contribution in [1.29, 1.82) is 0 Å². The minimum Gasteiger partial charge on any atom is -0.872 e. The fourth-order valence-electron chi connectivity index (χ4n) is 4.89. The normalized spacial score (nSPS) is 10.5. The molecule has 0 saturated carbocycles. The van der Waals surface area contributed by atoms with Crippen molar-refractivity contribution >= 4 is 33.3 Å².